The molecule has 4 rings (SSSR count). The molecular formula is C28H26F3N5O6. The molecule has 220 valence electrons. The number of hydrogen-bond donors (Lipinski definition) is 5. The van der Waals surface area contributed by atoms with Gasteiger partial charge in [-0.2, -0.15) is 13.2 Å². The maximum atomic E-state index is 13.1. The van der Waals surface area contributed by atoms with Crippen molar-refractivity contribution in [2.75, 3.05) is 17.2 Å². The van der Waals surface area contributed by atoms with Crippen LogP contribution < -0.4 is 21.7 Å². The molecule has 1 aliphatic rings. The van der Waals surface area contributed by atoms with Gasteiger partial charge >= 0.3 is 12.1 Å². The summed E-state index contributed by atoms with van der Waals surface area (Å²) in [5.74, 6) is -3.24. The Balaban J connectivity index is 0.000000616. The molecule has 2 amide bonds. The van der Waals surface area contributed by atoms with E-state index in [-0.39, 0.29) is 17.5 Å². The van der Waals surface area contributed by atoms with Gasteiger partial charge < -0.3 is 26.8 Å². The summed E-state index contributed by atoms with van der Waals surface area (Å²) in [7, 11) is 0. The van der Waals surface area contributed by atoms with E-state index >= 15 is 0 Å². The van der Waals surface area contributed by atoms with Crippen molar-refractivity contribution in [3.8, 4) is 0 Å². The van der Waals surface area contributed by atoms with Crippen molar-refractivity contribution < 1.29 is 37.6 Å². The van der Waals surface area contributed by atoms with Crippen LogP contribution in [0.1, 0.15) is 29.2 Å². The molecule has 0 aromatic heterocycles. The molecule has 0 saturated carbocycles. The minimum absolute atomic E-state index is 0.103. The van der Waals surface area contributed by atoms with Crippen LogP contribution in [0.4, 0.5) is 30.2 Å². The van der Waals surface area contributed by atoms with Gasteiger partial charge in [0.05, 0.1) is 16.2 Å². The second-order valence-electron chi connectivity index (χ2n) is 8.96. The molecule has 0 saturated heterocycles. The molecule has 0 aliphatic carbocycles. The van der Waals surface area contributed by atoms with E-state index in [2.05, 4.69) is 16.0 Å². The molecule has 0 radical (unpaired) electrons. The first-order valence-corrected chi connectivity index (χ1v) is 12.3. The van der Waals surface area contributed by atoms with Gasteiger partial charge in [0.25, 0.3) is 11.6 Å². The number of nitrogens with one attached hydrogen (secondary N) is 3. The number of aliphatic carboxylic acids is 1. The second kappa shape index (κ2) is 13.4. The van der Waals surface area contributed by atoms with Gasteiger partial charge in [-0.25, -0.2) is 4.79 Å². The number of nitrogens with two attached hydrogens (primary N) is 1. The molecule has 0 spiro atoms. The van der Waals surface area contributed by atoms with Crippen molar-refractivity contribution in [3.05, 3.63) is 99.1 Å². The summed E-state index contributed by atoms with van der Waals surface area (Å²) in [5, 5.41) is 27.4. The lowest BCUT2D eigenvalue weighted by Gasteiger charge is -2.16. The van der Waals surface area contributed by atoms with Crippen LogP contribution in [0, 0.1) is 10.1 Å². The Kier molecular flexibility index (Phi) is 9.99. The monoisotopic (exact) mass is 585 g/mol. The first-order valence-electron chi connectivity index (χ1n) is 12.3. The van der Waals surface area contributed by atoms with Gasteiger partial charge in [-0.05, 0) is 47.9 Å². The van der Waals surface area contributed by atoms with E-state index in [4.69, 9.17) is 15.6 Å². The zero-order valence-corrected chi connectivity index (χ0v) is 22.1. The Labute approximate surface area is 237 Å². The summed E-state index contributed by atoms with van der Waals surface area (Å²) in [5.41, 5.74) is 10.8. The predicted molar refractivity (Wildman–Crippen MR) is 149 cm³/mol. The topological polar surface area (TPSA) is 177 Å². The fraction of sp³-hybridized carbons (Fsp3) is 0.179. The first-order chi connectivity index (χ1) is 19.8. The van der Waals surface area contributed by atoms with E-state index in [1.807, 2.05) is 48.5 Å². The summed E-state index contributed by atoms with van der Waals surface area (Å²) >= 11 is 0. The minimum Gasteiger partial charge on any atom is -0.475 e. The molecule has 42 heavy (non-hydrogen) atoms. The van der Waals surface area contributed by atoms with E-state index in [0.29, 0.717) is 41.2 Å². The Bertz CT molecular complexity index is 1520. The summed E-state index contributed by atoms with van der Waals surface area (Å²) in [4.78, 5) is 44.1. The predicted octanol–water partition coefficient (Wildman–Crippen LogP) is 4.30. The van der Waals surface area contributed by atoms with Crippen molar-refractivity contribution in [2.45, 2.75) is 26.1 Å². The molecule has 3 aromatic rings. The van der Waals surface area contributed by atoms with Gasteiger partial charge in [-0.1, -0.05) is 36.4 Å². The van der Waals surface area contributed by atoms with E-state index < -0.39 is 17.1 Å². The molecule has 0 atom stereocenters. The number of anilines is 2. The van der Waals surface area contributed by atoms with Crippen LogP contribution in [0.5, 0.6) is 0 Å². The third-order valence-corrected chi connectivity index (χ3v) is 5.89. The standard InChI is InChI=1S/C26H25N5O4.C2HF3O2/c1-16(32)28-15-18-2-6-19(7-3-18)25(29-20-8-4-17(5-9-20)12-13-27)24-22-14-21(31(34)35)10-11-23(22)30-26(24)33;3-2(4,5)1(6)7/h2-11,14,29H,12-13,15,27H2,1H3,(H,28,32)(H,30,33);(H,6,7)/b25-24-;. The van der Waals surface area contributed by atoms with Crippen molar-refractivity contribution in [1.82, 2.24) is 5.32 Å². The van der Waals surface area contributed by atoms with Crippen molar-refractivity contribution in [3.63, 3.8) is 0 Å². The van der Waals surface area contributed by atoms with Crippen LogP contribution >= 0.6 is 0 Å². The Morgan fingerprint density at radius 3 is 2.14 bits per heavy atom. The number of halogens is 3. The third kappa shape index (κ3) is 8.14. The first kappa shape index (κ1) is 31.3. The zero-order valence-electron chi connectivity index (χ0n) is 22.1. The molecule has 3 aromatic carbocycles. The van der Waals surface area contributed by atoms with Crippen LogP contribution in [0.25, 0.3) is 11.3 Å². The van der Waals surface area contributed by atoms with Gasteiger partial charge in [0, 0.05) is 42.5 Å². The second-order valence-corrected chi connectivity index (χ2v) is 8.96. The molecule has 14 heteroatoms. The van der Waals surface area contributed by atoms with Crippen LogP contribution in [0.3, 0.4) is 0 Å². The van der Waals surface area contributed by atoms with Crippen molar-refractivity contribution in [1.29, 1.82) is 0 Å². The lowest BCUT2D eigenvalue weighted by atomic mass is 9.98. The summed E-state index contributed by atoms with van der Waals surface area (Å²) in [6.45, 7) is 2.38. The lowest BCUT2D eigenvalue weighted by molar-refractivity contribution is -0.384. The third-order valence-electron chi connectivity index (χ3n) is 5.89. The number of nitro groups is 1. The minimum atomic E-state index is -5.08. The number of alkyl halides is 3. The molecule has 0 fully saturated rings. The largest absolute Gasteiger partial charge is 0.490 e. The molecule has 1 aliphatic heterocycles. The highest BCUT2D eigenvalue weighted by atomic mass is 19.4. The molecule has 1 heterocycles. The maximum Gasteiger partial charge on any atom is 0.490 e. The average Bonchev–Trinajstić information content (AvgIpc) is 3.26. The summed E-state index contributed by atoms with van der Waals surface area (Å²) in [6, 6.07) is 19.4. The number of nitrogens with zero attached hydrogens (tertiary/aromatic N) is 1. The molecular weight excluding hydrogens is 559 g/mol. The molecule has 6 N–H and O–H groups in total. The summed E-state index contributed by atoms with van der Waals surface area (Å²) in [6.07, 6.45) is -4.33. The Morgan fingerprint density at radius 1 is 1.02 bits per heavy atom. The molecule has 11 nitrogen and oxygen atoms in total. The van der Waals surface area contributed by atoms with Gasteiger partial charge in [0.2, 0.25) is 5.91 Å². The number of carboxylic acid groups (broad SMARTS) is 1. The lowest BCUT2D eigenvalue weighted by Crippen LogP contribution is -2.21. The number of rotatable bonds is 8. The van der Waals surface area contributed by atoms with Crippen LogP contribution in [0.15, 0.2) is 66.7 Å². The molecule has 0 bridgehead atoms. The zero-order chi connectivity index (χ0) is 31.0. The van der Waals surface area contributed by atoms with E-state index in [0.717, 1.165) is 23.2 Å². The van der Waals surface area contributed by atoms with E-state index in [1.54, 1.807) is 0 Å². The average molecular weight is 586 g/mol. The van der Waals surface area contributed by atoms with Crippen LogP contribution in [-0.2, 0) is 27.3 Å². The number of benzene rings is 3. The van der Waals surface area contributed by atoms with Gasteiger partial charge in [0.15, 0.2) is 0 Å². The highest BCUT2D eigenvalue weighted by molar-refractivity contribution is 6.37. The normalized spacial score (nSPS) is 13.2. The quantitative estimate of drug-likeness (QED) is 0.148. The number of carboxylic acids is 1. The number of non-ortho nitro benzene ring substituents is 1. The number of amides is 2. The van der Waals surface area contributed by atoms with Crippen LogP contribution in [0.2, 0.25) is 0 Å². The maximum absolute atomic E-state index is 13.1. The smallest absolute Gasteiger partial charge is 0.475 e. The van der Waals surface area contributed by atoms with Gasteiger partial charge in [-0.3, -0.25) is 19.7 Å². The van der Waals surface area contributed by atoms with E-state index in [1.165, 1.54) is 25.1 Å². The van der Waals surface area contributed by atoms with Crippen LogP contribution in [-0.4, -0.2) is 40.5 Å². The van der Waals surface area contributed by atoms with Crippen molar-refractivity contribution >= 4 is 46.1 Å². The fourth-order valence-electron chi connectivity index (χ4n) is 3.88. The highest BCUT2D eigenvalue weighted by Gasteiger charge is 2.38. The van der Waals surface area contributed by atoms with E-state index in [9.17, 15) is 32.9 Å². The van der Waals surface area contributed by atoms with Gasteiger partial charge in [-0.15, -0.1) is 0 Å². The number of carbonyl (C=O) groups excluding carboxylic acids is 2. The Hall–Kier alpha value is -5.24. The Morgan fingerprint density at radius 2 is 1.62 bits per heavy atom. The fourth-order valence-corrected chi connectivity index (χ4v) is 3.88. The highest BCUT2D eigenvalue weighted by Crippen LogP contribution is 2.39. The summed E-state index contributed by atoms with van der Waals surface area (Å²) < 4.78 is 31.7. The SMILES string of the molecule is CC(=O)NCc1ccc(/C(Nc2ccc(CCN)cc2)=C2/C(=O)Nc3ccc([N+](=O)[O-])cc32)cc1.O=C(O)C(F)(F)F. The number of carbonyl (C=O) groups is 3. The van der Waals surface area contributed by atoms with Crippen molar-refractivity contribution in [2.24, 2.45) is 5.73 Å². The van der Waals surface area contributed by atoms with Gasteiger partial charge in [0.1, 0.15) is 0 Å². The number of nitro benzene ring substituents is 1. The molecule has 0 unspecified atom stereocenters. The number of fused-ring (bicyclic) bond motifs is 1. The number of hydrogen-bond acceptors (Lipinski definition) is 7.